The van der Waals surface area contributed by atoms with Crippen LogP contribution in [0.5, 0.6) is 0 Å². The molecule has 5 heteroatoms. The van der Waals surface area contributed by atoms with Gasteiger partial charge in [0, 0.05) is 16.3 Å². The van der Waals surface area contributed by atoms with Crippen molar-refractivity contribution in [1.82, 2.24) is 0 Å². The molecule has 2 aromatic carbocycles. The maximum absolute atomic E-state index is 5.97. The highest BCUT2D eigenvalue weighted by atomic mass is 35.5. The van der Waals surface area contributed by atoms with E-state index in [0.717, 1.165) is 11.1 Å². The molecule has 0 heterocycles. The molecule has 2 aromatic rings. The highest BCUT2D eigenvalue weighted by Gasteiger charge is 2.09. The number of hydrogen-bond acceptors (Lipinski definition) is 1. The van der Waals surface area contributed by atoms with Crippen LogP contribution in [0.2, 0.25) is 20.1 Å². The first kappa shape index (κ1) is 12.8. The number of anilines is 1. The van der Waals surface area contributed by atoms with Crippen LogP contribution in [-0.4, -0.2) is 0 Å². The molecule has 0 aromatic heterocycles. The fourth-order valence-electron chi connectivity index (χ4n) is 1.49. The molecule has 0 saturated heterocycles. The normalized spacial score (nSPS) is 10.6. The maximum Gasteiger partial charge on any atom is 0.0778 e. The van der Waals surface area contributed by atoms with Crippen molar-refractivity contribution in [2.24, 2.45) is 0 Å². The first-order chi connectivity index (χ1) is 7.99. The van der Waals surface area contributed by atoms with Gasteiger partial charge in [0.05, 0.1) is 15.1 Å². The average Bonchev–Trinajstić information content (AvgIpc) is 2.28. The Balaban J connectivity index is 2.64. The van der Waals surface area contributed by atoms with E-state index in [-0.39, 0.29) is 0 Å². The SMILES string of the molecule is Nc1ccc(Cl)cc1-c1cc(Cl)c(Cl)c(Cl)c1. The van der Waals surface area contributed by atoms with Crippen LogP contribution in [-0.2, 0) is 0 Å². The second-order valence-corrected chi connectivity index (χ2v) is 5.11. The van der Waals surface area contributed by atoms with Gasteiger partial charge < -0.3 is 5.73 Å². The van der Waals surface area contributed by atoms with Crippen LogP contribution < -0.4 is 5.73 Å². The van der Waals surface area contributed by atoms with Gasteiger partial charge in [-0.1, -0.05) is 46.4 Å². The number of rotatable bonds is 1. The topological polar surface area (TPSA) is 26.0 Å². The number of nitrogen functional groups attached to an aromatic ring is 1. The molecule has 88 valence electrons. The monoisotopic (exact) mass is 305 g/mol. The third-order valence-electron chi connectivity index (χ3n) is 2.31. The Morgan fingerprint density at radius 1 is 0.824 bits per heavy atom. The highest BCUT2D eigenvalue weighted by molar-refractivity contribution is 6.48. The van der Waals surface area contributed by atoms with Gasteiger partial charge in [0.1, 0.15) is 0 Å². The number of benzene rings is 2. The lowest BCUT2D eigenvalue weighted by Crippen LogP contribution is -1.90. The summed E-state index contributed by atoms with van der Waals surface area (Å²) in [7, 11) is 0. The molecule has 0 amide bonds. The lowest BCUT2D eigenvalue weighted by molar-refractivity contribution is 1.61. The molecule has 0 aliphatic carbocycles. The Labute approximate surface area is 119 Å². The Kier molecular flexibility index (Phi) is 3.74. The Hall–Kier alpha value is -0.600. The van der Waals surface area contributed by atoms with E-state index in [1.165, 1.54) is 0 Å². The Bertz CT molecular complexity index is 558. The van der Waals surface area contributed by atoms with Crippen molar-refractivity contribution in [3.05, 3.63) is 50.4 Å². The van der Waals surface area contributed by atoms with Gasteiger partial charge >= 0.3 is 0 Å². The van der Waals surface area contributed by atoms with Crippen molar-refractivity contribution >= 4 is 52.1 Å². The number of hydrogen-bond donors (Lipinski definition) is 1. The van der Waals surface area contributed by atoms with Gasteiger partial charge in [-0.05, 0) is 35.9 Å². The average molecular weight is 307 g/mol. The molecule has 2 rings (SSSR count). The molecule has 0 aliphatic heterocycles. The van der Waals surface area contributed by atoms with Crippen LogP contribution in [0.15, 0.2) is 30.3 Å². The summed E-state index contributed by atoms with van der Waals surface area (Å²) < 4.78 is 0. The Morgan fingerprint density at radius 2 is 1.41 bits per heavy atom. The molecule has 0 spiro atoms. The Morgan fingerprint density at radius 3 is 2.00 bits per heavy atom. The van der Waals surface area contributed by atoms with Gasteiger partial charge in [0.15, 0.2) is 0 Å². The summed E-state index contributed by atoms with van der Waals surface area (Å²) in [6, 6.07) is 8.62. The molecule has 2 N–H and O–H groups in total. The molecule has 0 bridgehead atoms. The second-order valence-electron chi connectivity index (χ2n) is 3.49. The molecule has 17 heavy (non-hydrogen) atoms. The molecule has 0 unspecified atom stereocenters. The van der Waals surface area contributed by atoms with Crippen LogP contribution in [0.1, 0.15) is 0 Å². The van der Waals surface area contributed by atoms with Crippen molar-refractivity contribution in [3.63, 3.8) is 0 Å². The fourth-order valence-corrected chi connectivity index (χ4v) is 2.26. The predicted molar refractivity (Wildman–Crippen MR) is 76.3 cm³/mol. The van der Waals surface area contributed by atoms with E-state index >= 15 is 0 Å². The lowest BCUT2D eigenvalue weighted by Gasteiger charge is -2.09. The van der Waals surface area contributed by atoms with E-state index < -0.39 is 0 Å². The van der Waals surface area contributed by atoms with Crippen LogP contribution >= 0.6 is 46.4 Å². The van der Waals surface area contributed by atoms with E-state index in [4.69, 9.17) is 52.1 Å². The van der Waals surface area contributed by atoms with Crippen molar-refractivity contribution in [1.29, 1.82) is 0 Å². The minimum Gasteiger partial charge on any atom is -0.398 e. The number of nitrogens with two attached hydrogens (primary N) is 1. The van der Waals surface area contributed by atoms with Gasteiger partial charge in [0.25, 0.3) is 0 Å². The van der Waals surface area contributed by atoms with Crippen molar-refractivity contribution in [2.75, 3.05) is 5.73 Å². The molecular weight excluding hydrogens is 300 g/mol. The summed E-state index contributed by atoms with van der Waals surface area (Å²) in [5, 5.41) is 1.69. The molecule has 0 radical (unpaired) electrons. The van der Waals surface area contributed by atoms with Gasteiger partial charge in [0.2, 0.25) is 0 Å². The largest absolute Gasteiger partial charge is 0.398 e. The smallest absolute Gasteiger partial charge is 0.0778 e. The standard InChI is InChI=1S/C12H7Cl4N/c13-7-1-2-11(17)8(5-7)6-3-9(14)12(16)10(15)4-6/h1-5H,17H2. The summed E-state index contributed by atoms with van der Waals surface area (Å²) in [5.41, 5.74) is 8.04. The first-order valence-corrected chi connectivity index (χ1v) is 6.20. The summed E-state index contributed by atoms with van der Waals surface area (Å²) >= 11 is 23.8. The van der Waals surface area contributed by atoms with Crippen LogP contribution in [0.25, 0.3) is 11.1 Å². The highest BCUT2D eigenvalue weighted by Crippen LogP contribution is 2.37. The summed E-state index contributed by atoms with van der Waals surface area (Å²) in [6.07, 6.45) is 0. The van der Waals surface area contributed by atoms with E-state index in [1.807, 2.05) is 0 Å². The fraction of sp³-hybridized carbons (Fsp3) is 0. The van der Waals surface area contributed by atoms with E-state index in [0.29, 0.717) is 25.8 Å². The van der Waals surface area contributed by atoms with Gasteiger partial charge in [-0.2, -0.15) is 0 Å². The summed E-state index contributed by atoms with van der Waals surface area (Å²) in [4.78, 5) is 0. The zero-order valence-electron chi connectivity index (χ0n) is 8.48. The molecule has 0 saturated carbocycles. The summed E-state index contributed by atoms with van der Waals surface area (Å²) in [6.45, 7) is 0. The van der Waals surface area contributed by atoms with Crippen LogP contribution in [0.4, 0.5) is 5.69 Å². The van der Waals surface area contributed by atoms with Crippen LogP contribution in [0.3, 0.4) is 0 Å². The molecular formula is C12H7Cl4N. The zero-order chi connectivity index (χ0) is 12.6. The predicted octanol–water partition coefficient (Wildman–Crippen LogP) is 5.55. The third-order valence-corrected chi connectivity index (χ3v) is 3.74. The molecule has 1 nitrogen and oxygen atoms in total. The summed E-state index contributed by atoms with van der Waals surface area (Å²) in [5.74, 6) is 0. The molecule has 0 aliphatic rings. The van der Waals surface area contributed by atoms with E-state index in [2.05, 4.69) is 0 Å². The third kappa shape index (κ3) is 2.63. The van der Waals surface area contributed by atoms with Gasteiger partial charge in [-0.25, -0.2) is 0 Å². The van der Waals surface area contributed by atoms with Gasteiger partial charge in [-0.3, -0.25) is 0 Å². The zero-order valence-corrected chi connectivity index (χ0v) is 11.5. The van der Waals surface area contributed by atoms with E-state index in [9.17, 15) is 0 Å². The van der Waals surface area contributed by atoms with Crippen molar-refractivity contribution in [3.8, 4) is 11.1 Å². The van der Waals surface area contributed by atoms with Crippen molar-refractivity contribution in [2.45, 2.75) is 0 Å². The lowest BCUT2D eigenvalue weighted by atomic mass is 10.0. The first-order valence-electron chi connectivity index (χ1n) is 4.69. The molecule has 0 atom stereocenters. The maximum atomic E-state index is 5.97. The molecule has 0 fully saturated rings. The minimum absolute atomic E-state index is 0.331. The quantitative estimate of drug-likeness (QED) is 0.542. The number of halogens is 4. The van der Waals surface area contributed by atoms with Gasteiger partial charge in [-0.15, -0.1) is 0 Å². The van der Waals surface area contributed by atoms with E-state index in [1.54, 1.807) is 30.3 Å². The second kappa shape index (κ2) is 4.95. The minimum atomic E-state index is 0.331. The van der Waals surface area contributed by atoms with Crippen LogP contribution in [0, 0.1) is 0 Å². The van der Waals surface area contributed by atoms with Crippen molar-refractivity contribution < 1.29 is 0 Å².